The van der Waals surface area contributed by atoms with E-state index < -0.39 is 6.10 Å². The smallest absolute Gasteiger partial charge is 0.129 e. The van der Waals surface area contributed by atoms with Crippen LogP contribution in [0.1, 0.15) is 25.5 Å². The van der Waals surface area contributed by atoms with Gasteiger partial charge in [-0.1, -0.05) is 0 Å². The second-order valence-electron chi connectivity index (χ2n) is 5.28. The Labute approximate surface area is 118 Å². The maximum absolute atomic E-state index is 9.81. The minimum absolute atomic E-state index is 0.331. The summed E-state index contributed by atoms with van der Waals surface area (Å²) in [7, 11) is 0. The molecule has 2 unspecified atom stereocenters. The molecule has 4 nitrogen and oxygen atoms in total. The molecular formula is C14H23NO3S. The van der Waals surface area contributed by atoms with E-state index in [0.29, 0.717) is 24.5 Å². The monoisotopic (exact) mass is 285 g/mol. The second kappa shape index (κ2) is 7.33. The normalized spacial score (nSPS) is 24.7. The van der Waals surface area contributed by atoms with Crippen molar-refractivity contribution in [3.63, 3.8) is 0 Å². The van der Waals surface area contributed by atoms with Crippen LogP contribution in [0.25, 0.3) is 0 Å². The highest BCUT2D eigenvalue weighted by Crippen LogP contribution is 2.36. The number of ether oxygens (including phenoxy) is 1. The highest BCUT2D eigenvalue weighted by atomic mass is 32.2. The van der Waals surface area contributed by atoms with Crippen LogP contribution in [0.5, 0.6) is 0 Å². The Hall–Kier alpha value is -0.490. The second-order valence-corrected chi connectivity index (χ2v) is 6.96. The summed E-state index contributed by atoms with van der Waals surface area (Å²) in [5.41, 5.74) is 0. The third-order valence-corrected chi connectivity index (χ3v) is 4.85. The van der Waals surface area contributed by atoms with Gasteiger partial charge in [0.1, 0.15) is 12.4 Å². The van der Waals surface area contributed by atoms with Gasteiger partial charge in [-0.05, 0) is 37.7 Å². The molecule has 1 fully saturated rings. The van der Waals surface area contributed by atoms with Crippen molar-refractivity contribution in [2.24, 2.45) is 0 Å². The van der Waals surface area contributed by atoms with Crippen LogP contribution >= 0.6 is 11.8 Å². The molecule has 1 aromatic heterocycles. The van der Waals surface area contributed by atoms with Crippen LogP contribution in [0.15, 0.2) is 22.8 Å². The molecule has 0 spiro atoms. The quantitative estimate of drug-likeness (QED) is 0.765. The van der Waals surface area contributed by atoms with Crippen LogP contribution in [-0.4, -0.2) is 41.4 Å². The molecule has 1 aromatic rings. The van der Waals surface area contributed by atoms with Crippen LogP contribution in [0, 0.1) is 0 Å². The fourth-order valence-corrected chi connectivity index (χ4v) is 3.50. The molecule has 0 saturated carbocycles. The van der Waals surface area contributed by atoms with Gasteiger partial charge in [-0.15, -0.1) is 0 Å². The van der Waals surface area contributed by atoms with Crippen molar-refractivity contribution in [3.05, 3.63) is 24.2 Å². The molecule has 0 amide bonds. The van der Waals surface area contributed by atoms with Crippen LogP contribution in [0.3, 0.4) is 0 Å². The van der Waals surface area contributed by atoms with Crippen molar-refractivity contribution in [2.45, 2.75) is 37.2 Å². The molecule has 19 heavy (non-hydrogen) atoms. The molecule has 2 rings (SSSR count). The van der Waals surface area contributed by atoms with Gasteiger partial charge in [0.2, 0.25) is 0 Å². The molecule has 0 aliphatic carbocycles. The lowest BCUT2D eigenvalue weighted by Crippen LogP contribution is -2.38. The SMILES string of the molecule is CC1(CNCC(O)COCc2ccco2)CCCS1. The number of thioether (sulfide) groups is 1. The molecule has 1 saturated heterocycles. The highest BCUT2D eigenvalue weighted by Gasteiger charge is 2.28. The van der Waals surface area contributed by atoms with E-state index in [9.17, 15) is 5.11 Å². The van der Waals surface area contributed by atoms with Crippen LogP contribution in [0.4, 0.5) is 0 Å². The minimum atomic E-state index is -0.468. The summed E-state index contributed by atoms with van der Waals surface area (Å²) in [4.78, 5) is 0. The number of aliphatic hydroxyl groups excluding tert-OH is 1. The number of aliphatic hydroxyl groups is 1. The number of rotatable bonds is 8. The van der Waals surface area contributed by atoms with Crippen molar-refractivity contribution >= 4 is 11.8 Å². The summed E-state index contributed by atoms with van der Waals surface area (Å²) >= 11 is 2.02. The van der Waals surface area contributed by atoms with Crippen molar-refractivity contribution < 1.29 is 14.3 Å². The molecule has 0 radical (unpaired) electrons. The first kappa shape index (κ1) is 14.9. The van der Waals surface area contributed by atoms with Crippen LogP contribution in [-0.2, 0) is 11.3 Å². The molecular weight excluding hydrogens is 262 g/mol. The molecule has 108 valence electrons. The first-order chi connectivity index (χ1) is 9.18. The van der Waals surface area contributed by atoms with Crippen molar-refractivity contribution in [1.29, 1.82) is 0 Å². The van der Waals surface area contributed by atoms with Crippen molar-refractivity contribution in [3.8, 4) is 0 Å². The van der Waals surface area contributed by atoms with Gasteiger partial charge in [0.05, 0.1) is 19.0 Å². The van der Waals surface area contributed by atoms with E-state index in [2.05, 4.69) is 12.2 Å². The van der Waals surface area contributed by atoms with Crippen LogP contribution in [0.2, 0.25) is 0 Å². The van der Waals surface area contributed by atoms with E-state index in [0.717, 1.165) is 12.3 Å². The molecule has 2 atom stereocenters. The third kappa shape index (κ3) is 5.18. The largest absolute Gasteiger partial charge is 0.467 e. The molecule has 2 N–H and O–H groups in total. The fraction of sp³-hybridized carbons (Fsp3) is 0.714. The zero-order valence-corrected chi connectivity index (χ0v) is 12.2. The van der Waals surface area contributed by atoms with E-state index in [4.69, 9.17) is 9.15 Å². The summed E-state index contributed by atoms with van der Waals surface area (Å²) in [5.74, 6) is 2.04. The van der Waals surface area contributed by atoms with Gasteiger partial charge in [0.25, 0.3) is 0 Å². The minimum Gasteiger partial charge on any atom is -0.467 e. The lowest BCUT2D eigenvalue weighted by molar-refractivity contribution is 0.0226. The predicted octanol–water partition coefficient (Wildman–Crippen LogP) is 2.03. The lowest BCUT2D eigenvalue weighted by atomic mass is 10.1. The Balaban J connectivity index is 1.53. The van der Waals surface area contributed by atoms with E-state index in [1.54, 1.807) is 6.26 Å². The average Bonchev–Trinajstić information content (AvgIpc) is 3.01. The van der Waals surface area contributed by atoms with E-state index in [-0.39, 0.29) is 0 Å². The van der Waals surface area contributed by atoms with Gasteiger partial charge < -0.3 is 19.6 Å². The van der Waals surface area contributed by atoms with Gasteiger partial charge in [-0.3, -0.25) is 0 Å². The van der Waals surface area contributed by atoms with Crippen molar-refractivity contribution in [2.75, 3.05) is 25.4 Å². The van der Waals surface area contributed by atoms with Crippen LogP contribution < -0.4 is 5.32 Å². The number of nitrogens with one attached hydrogen (secondary N) is 1. The van der Waals surface area contributed by atoms with Gasteiger partial charge in [-0.25, -0.2) is 0 Å². The summed E-state index contributed by atoms with van der Waals surface area (Å²) < 4.78 is 10.9. The summed E-state index contributed by atoms with van der Waals surface area (Å²) in [5, 5.41) is 13.1. The first-order valence-electron chi connectivity index (χ1n) is 6.81. The Kier molecular flexibility index (Phi) is 5.76. The van der Waals surface area contributed by atoms with Gasteiger partial charge >= 0.3 is 0 Å². The summed E-state index contributed by atoms with van der Waals surface area (Å²) in [6.45, 7) is 4.56. The first-order valence-corrected chi connectivity index (χ1v) is 7.79. The van der Waals surface area contributed by atoms with Gasteiger partial charge in [0, 0.05) is 17.8 Å². The van der Waals surface area contributed by atoms with E-state index in [1.807, 2.05) is 23.9 Å². The Morgan fingerprint density at radius 2 is 2.53 bits per heavy atom. The molecule has 0 aromatic carbocycles. The van der Waals surface area contributed by atoms with Gasteiger partial charge in [0.15, 0.2) is 0 Å². The Morgan fingerprint density at radius 3 is 3.21 bits per heavy atom. The lowest BCUT2D eigenvalue weighted by Gasteiger charge is -2.23. The third-order valence-electron chi connectivity index (χ3n) is 3.31. The van der Waals surface area contributed by atoms with E-state index in [1.165, 1.54) is 18.6 Å². The van der Waals surface area contributed by atoms with Gasteiger partial charge in [-0.2, -0.15) is 11.8 Å². The Bertz CT molecular complexity index is 350. The molecule has 0 bridgehead atoms. The van der Waals surface area contributed by atoms with Crippen molar-refractivity contribution in [1.82, 2.24) is 5.32 Å². The number of hydrogen-bond acceptors (Lipinski definition) is 5. The zero-order valence-electron chi connectivity index (χ0n) is 11.4. The fourth-order valence-electron chi connectivity index (χ4n) is 2.23. The molecule has 2 heterocycles. The molecule has 1 aliphatic rings. The standard InChI is InChI=1S/C14H23NO3S/c1-14(5-3-7-19-14)11-15-8-12(16)9-17-10-13-4-2-6-18-13/h2,4,6,12,15-16H,3,5,7-11H2,1H3. The summed E-state index contributed by atoms with van der Waals surface area (Å²) in [6.07, 6.45) is 3.72. The highest BCUT2D eigenvalue weighted by molar-refractivity contribution is 8.00. The average molecular weight is 285 g/mol. The number of furan rings is 1. The predicted molar refractivity (Wildman–Crippen MR) is 77.3 cm³/mol. The maximum atomic E-state index is 9.81. The number of hydrogen-bond donors (Lipinski definition) is 2. The topological polar surface area (TPSA) is 54.6 Å². The summed E-state index contributed by atoms with van der Waals surface area (Å²) in [6, 6.07) is 3.69. The Morgan fingerprint density at radius 1 is 1.63 bits per heavy atom. The maximum Gasteiger partial charge on any atom is 0.129 e. The molecule has 5 heteroatoms. The molecule has 1 aliphatic heterocycles. The van der Waals surface area contributed by atoms with E-state index >= 15 is 0 Å². The zero-order chi connectivity index (χ0) is 13.6.